The molecule has 2 N–H and O–H groups in total. The van der Waals surface area contributed by atoms with Gasteiger partial charge < -0.3 is 10.2 Å². The monoisotopic (exact) mass is 435 g/mol. The molecule has 0 radical (unpaired) electrons. The van der Waals surface area contributed by atoms with E-state index in [0.717, 1.165) is 44.7 Å². The Bertz CT molecular complexity index is 765. The zero-order valence-corrected chi connectivity index (χ0v) is 17.5. The van der Waals surface area contributed by atoms with Gasteiger partial charge in [0.2, 0.25) is 10.0 Å². The first-order valence-electron chi connectivity index (χ1n) is 8.63. The van der Waals surface area contributed by atoms with Gasteiger partial charge in [-0.3, -0.25) is 4.68 Å². The molecule has 1 aliphatic rings. The van der Waals surface area contributed by atoms with E-state index < -0.39 is 10.0 Å². The van der Waals surface area contributed by atoms with Gasteiger partial charge in [-0.25, -0.2) is 13.1 Å². The van der Waals surface area contributed by atoms with Gasteiger partial charge in [0.05, 0.1) is 12.7 Å². The summed E-state index contributed by atoms with van der Waals surface area (Å²) in [7, 11) is -3.50. The van der Waals surface area contributed by atoms with Crippen LogP contribution in [0.3, 0.4) is 0 Å². The molecule has 0 bridgehead atoms. The van der Waals surface area contributed by atoms with Crippen LogP contribution in [-0.4, -0.2) is 62.4 Å². The first-order valence-corrected chi connectivity index (χ1v) is 10.1. The minimum atomic E-state index is -3.50. The predicted molar refractivity (Wildman–Crippen MR) is 111 cm³/mol. The van der Waals surface area contributed by atoms with Crippen LogP contribution in [0, 0.1) is 0 Å². The molecule has 1 aromatic carbocycles. The van der Waals surface area contributed by atoms with E-state index in [4.69, 9.17) is 0 Å². The molecule has 1 aromatic heterocycles. The molecule has 3 rings (SSSR count). The third kappa shape index (κ3) is 7.40. The first kappa shape index (κ1) is 23.9. The van der Waals surface area contributed by atoms with Crippen LogP contribution >= 0.6 is 24.8 Å². The third-order valence-electron chi connectivity index (χ3n) is 4.26. The molecular formula is C17H27Cl2N5O2S. The molecule has 0 saturated carbocycles. The normalized spacial score (nSPS) is 15.0. The largest absolute Gasteiger partial charge is 0.314 e. The maximum atomic E-state index is 12.4. The summed E-state index contributed by atoms with van der Waals surface area (Å²) in [6.45, 7) is 5.98. The van der Waals surface area contributed by atoms with Gasteiger partial charge >= 0.3 is 0 Å². The fraction of sp³-hybridized carbons (Fsp3) is 0.471. The minimum Gasteiger partial charge on any atom is -0.314 e. The molecule has 10 heteroatoms. The van der Waals surface area contributed by atoms with Crippen LogP contribution in [0.15, 0.2) is 47.6 Å². The van der Waals surface area contributed by atoms with Crippen LogP contribution in [0.4, 0.5) is 0 Å². The maximum absolute atomic E-state index is 12.4. The Morgan fingerprint density at radius 3 is 2.52 bits per heavy atom. The van der Waals surface area contributed by atoms with Crippen molar-refractivity contribution in [3.63, 3.8) is 0 Å². The number of halogens is 2. The lowest BCUT2D eigenvalue weighted by Crippen LogP contribution is -2.44. The highest BCUT2D eigenvalue weighted by Crippen LogP contribution is 2.09. The quantitative estimate of drug-likeness (QED) is 0.611. The Hall–Kier alpha value is -1.16. The van der Waals surface area contributed by atoms with Gasteiger partial charge in [0.1, 0.15) is 4.90 Å². The summed E-state index contributed by atoms with van der Waals surface area (Å²) < 4.78 is 29.0. The molecule has 152 valence electrons. The lowest BCUT2D eigenvalue weighted by Gasteiger charge is -2.26. The summed E-state index contributed by atoms with van der Waals surface area (Å²) >= 11 is 0. The van der Waals surface area contributed by atoms with Gasteiger partial charge in [0.15, 0.2) is 0 Å². The molecule has 0 spiro atoms. The molecule has 1 saturated heterocycles. The summed E-state index contributed by atoms with van der Waals surface area (Å²) in [5, 5.41) is 7.47. The van der Waals surface area contributed by atoms with Crippen molar-refractivity contribution < 1.29 is 8.42 Å². The van der Waals surface area contributed by atoms with Crippen LogP contribution in [0.25, 0.3) is 0 Å². The smallest absolute Gasteiger partial charge is 0.243 e. The summed E-state index contributed by atoms with van der Waals surface area (Å²) in [4.78, 5) is 2.56. The average molecular weight is 436 g/mol. The summed E-state index contributed by atoms with van der Waals surface area (Å²) in [5.41, 5.74) is 1.08. The number of nitrogens with one attached hydrogen (secondary N) is 2. The van der Waals surface area contributed by atoms with Crippen molar-refractivity contribution >= 4 is 34.8 Å². The molecule has 1 fully saturated rings. The van der Waals surface area contributed by atoms with E-state index in [1.807, 2.05) is 30.3 Å². The predicted octanol–water partition coefficient (Wildman–Crippen LogP) is 1.35. The van der Waals surface area contributed by atoms with Gasteiger partial charge in [-0.15, -0.1) is 24.8 Å². The third-order valence-corrected chi connectivity index (χ3v) is 5.68. The summed E-state index contributed by atoms with van der Waals surface area (Å²) in [6.07, 6.45) is 3.78. The molecule has 1 aliphatic heterocycles. The Morgan fingerprint density at radius 1 is 1.11 bits per heavy atom. The standard InChI is InChI=1S/C17H25N5O2S.2ClH/c23-25(24,20-7-4-10-21-11-8-18-9-12-21)17-13-19-22(15-17)14-16-5-2-1-3-6-16;;/h1-3,5-6,13,15,18,20H,4,7-12,14H2;2*1H. The van der Waals surface area contributed by atoms with Crippen molar-refractivity contribution in [3.05, 3.63) is 48.3 Å². The second-order valence-electron chi connectivity index (χ2n) is 6.20. The van der Waals surface area contributed by atoms with E-state index in [1.165, 1.54) is 6.20 Å². The highest BCUT2D eigenvalue weighted by atomic mass is 35.5. The van der Waals surface area contributed by atoms with Crippen molar-refractivity contribution in [3.8, 4) is 0 Å². The number of sulfonamides is 1. The van der Waals surface area contributed by atoms with E-state index in [2.05, 4.69) is 20.0 Å². The van der Waals surface area contributed by atoms with Crippen LogP contribution < -0.4 is 10.0 Å². The van der Waals surface area contributed by atoms with E-state index in [0.29, 0.717) is 13.1 Å². The van der Waals surface area contributed by atoms with Crippen molar-refractivity contribution in [2.24, 2.45) is 0 Å². The lowest BCUT2D eigenvalue weighted by atomic mass is 10.2. The van der Waals surface area contributed by atoms with Gasteiger partial charge in [-0.1, -0.05) is 30.3 Å². The number of rotatable bonds is 8. The highest BCUT2D eigenvalue weighted by Gasteiger charge is 2.16. The zero-order chi connectivity index (χ0) is 17.5. The van der Waals surface area contributed by atoms with Crippen LogP contribution in [0.5, 0.6) is 0 Å². The molecule has 0 unspecified atom stereocenters. The van der Waals surface area contributed by atoms with Gasteiger partial charge in [0, 0.05) is 38.9 Å². The Kier molecular flexibility index (Phi) is 10.3. The summed E-state index contributed by atoms with van der Waals surface area (Å²) in [6, 6.07) is 9.84. The van der Waals surface area contributed by atoms with Crippen LogP contribution in [-0.2, 0) is 16.6 Å². The summed E-state index contributed by atoms with van der Waals surface area (Å²) in [5.74, 6) is 0. The minimum absolute atomic E-state index is 0. The van der Waals surface area contributed by atoms with E-state index in [-0.39, 0.29) is 29.7 Å². The molecule has 2 aromatic rings. The number of piperazine rings is 1. The van der Waals surface area contributed by atoms with E-state index >= 15 is 0 Å². The second kappa shape index (κ2) is 11.6. The van der Waals surface area contributed by atoms with Crippen LogP contribution in [0.2, 0.25) is 0 Å². The van der Waals surface area contributed by atoms with Crippen LogP contribution in [0.1, 0.15) is 12.0 Å². The molecule has 7 nitrogen and oxygen atoms in total. The zero-order valence-electron chi connectivity index (χ0n) is 15.1. The van der Waals surface area contributed by atoms with E-state index in [9.17, 15) is 8.42 Å². The maximum Gasteiger partial charge on any atom is 0.243 e. The molecule has 0 amide bonds. The number of benzene rings is 1. The number of hydrogen-bond donors (Lipinski definition) is 2. The molecule has 27 heavy (non-hydrogen) atoms. The van der Waals surface area contributed by atoms with Gasteiger partial charge in [0.25, 0.3) is 0 Å². The highest BCUT2D eigenvalue weighted by molar-refractivity contribution is 7.89. The fourth-order valence-electron chi connectivity index (χ4n) is 2.87. The molecule has 0 atom stereocenters. The van der Waals surface area contributed by atoms with Gasteiger partial charge in [-0.2, -0.15) is 5.10 Å². The second-order valence-corrected chi connectivity index (χ2v) is 7.97. The molecule has 0 aliphatic carbocycles. The molecule has 2 heterocycles. The van der Waals surface area contributed by atoms with Gasteiger partial charge in [-0.05, 0) is 18.5 Å². The first-order chi connectivity index (χ1) is 12.1. The number of aromatic nitrogens is 2. The SMILES string of the molecule is Cl.Cl.O=S(=O)(NCCCN1CCNCC1)c1cnn(Cc2ccccc2)c1. The topological polar surface area (TPSA) is 79.3 Å². The van der Waals surface area contributed by atoms with Crippen molar-refractivity contribution in [2.75, 3.05) is 39.3 Å². The number of nitrogens with zero attached hydrogens (tertiary/aromatic N) is 3. The molecular weight excluding hydrogens is 409 g/mol. The Morgan fingerprint density at radius 2 is 1.81 bits per heavy atom. The Balaban J connectivity index is 0.00000182. The number of hydrogen-bond acceptors (Lipinski definition) is 5. The van der Waals surface area contributed by atoms with Crippen molar-refractivity contribution in [1.82, 2.24) is 24.7 Å². The van der Waals surface area contributed by atoms with Crippen molar-refractivity contribution in [2.45, 2.75) is 17.9 Å². The average Bonchev–Trinajstić information content (AvgIpc) is 3.10. The fourth-order valence-corrected chi connectivity index (χ4v) is 3.89. The Labute approximate surface area is 173 Å². The van der Waals surface area contributed by atoms with E-state index in [1.54, 1.807) is 10.9 Å². The lowest BCUT2D eigenvalue weighted by molar-refractivity contribution is 0.239. The van der Waals surface area contributed by atoms with Crippen molar-refractivity contribution in [1.29, 1.82) is 0 Å².